The van der Waals surface area contributed by atoms with Gasteiger partial charge in [0.05, 0.1) is 6.20 Å². The summed E-state index contributed by atoms with van der Waals surface area (Å²) in [5.74, 6) is 0.569. The molecule has 1 saturated heterocycles. The first-order valence-corrected chi connectivity index (χ1v) is 10.5. The minimum absolute atomic E-state index is 0.0647. The number of fused-ring (bicyclic) bond motifs is 1. The molecule has 9 nitrogen and oxygen atoms in total. The van der Waals surface area contributed by atoms with Crippen LogP contribution in [-0.2, 0) is 13.5 Å². The summed E-state index contributed by atoms with van der Waals surface area (Å²) in [7, 11) is 1.87. The molecule has 1 aliphatic rings. The minimum Gasteiger partial charge on any atom is -0.438 e. The second-order valence-corrected chi connectivity index (χ2v) is 7.92. The largest absolute Gasteiger partial charge is 0.438 e. The second kappa shape index (κ2) is 8.35. The maximum absolute atomic E-state index is 13.1. The summed E-state index contributed by atoms with van der Waals surface area (Å²) in [6.07, 6.45) is 8.23. The van der Waals surface area contributed by atoms with Crippen LogP contribution in [0.15, 0.2) is 22.9 Å². The zero-order chi connectivity index (χ0) is 21.3. The molecule has 0 radical (unpaired) electrons. The molecule has 0 aliphatic carbocycles. The SMILES string of the molecule is CCCc1cnc2c(C(=O)Nc3cnn(C)c3N3CCC[C@H](N)CC3)c(N)oc2c1. The van der Waals surface area contributed by atoms with Crippen LogP contribution < -0.4 is 21.7 Å². The maximum atomic E-state index is 13.1. The maximum Gasteiger partial charge on any atom is 0.263 e. The first-order valence-electron chi connectivity index (χ1n) is 10.5. The molecule has 0 aromatic carbocycles. The smallest absolute Gasteiger partial charge is 0.263 e. The minimum atomic E-state index is -0.359. The van der Waals surface area contributed by atoms with E-state index in [9.17, 15) is 4.79 Å². The lowest BCUT2D eigenvalue weighted by Gasteiger charge is -2.24. The third-order valence-corrected chi connectivity index (χ3v) is 5.61. The van der Waals surface area contributed by atoms with Crippen LogP contribution in [0.3, 0.4) is 0 Å². The van der Waals surface area contributed by atoms with Crippen LogP contribution in [0.25, 0.3) is 11.1 Å². The number of nitrogens with zero attached hydrogens (tertiary/aromatic N) is 4. The summed E-state index contributed by atoms with van der Waals surface area (Å²) in [4.78, 5) is 19.8. The molecular weight excluding hydrogens is 382 g/mol. The number of nitrogen functional groups attached to an aromatic ring is 1. The molecule has 1 aliphatic heterocycles. The van der Waals surface area contributed by atoms with Crippen molar-refractivity contribution < 1.29 is 9.21 Å². The van der Waals surface area contributed by atoms with Crippen LogP contribution in [0.1, 0.15) is 48.5 Å². The molecular formula is C21H29N7O2. The first kappa shape index (κ1) is 20.2. The van der Waals surface area contributed by atoms with Gasteiger partial charge < -0.3 is 26.1 Å². The van der Waals surface area contributed by atoms with Crippen molar-refractivity contribution in [2.24, 2.45) is 12.8 Å². The summed E-state index contributed by atoms with van der Waals surface area (Å²) < 4.78 is 7.41. The number of aromatic nitrogens is 3. The van der Waals surface area contributed by atoms with Gasteiger partial charge >= 0.3 is 0 Å². The van der Waals surface area contributed by atoms with Gasteiger partial charge in [0.1, 0.15) is 16.8 Å². The van der Waals surface area contributed by atoms with Crippen LogP contribution in [0.5, 0.6) is 0 Å². The predicted octanol–water partition coefficient (Wildman–Crippen LogP) is 2.67. The Kier molecular flexibility index (Phi) is 5.63. The van der Waals surface area contributed by atoms with Gasteiger partial charge in [-0.3, -0.25) is 14.5 Å². The zero-order valence-electron chi connectivity index (χ0n) is 17.5. The highest BCUT2D eigenvalue weighted by Gasteiger charge is 2.25. The lowest BCUT2D eigenvalue weighted by Crippen LogP contribution is -2.29. The average Bonchev–Trinajstić information content (AvgIpc) is 3.14. The molecule has 30 heavy (non-hydrogen) atoms. The molecule has 0 saturated carbocycles. The molecule has 0 bridgehead atoms. The number of anilines is 3. The molecule has 3 aromatic heterocycles. The van der Waals surface area contributed by atoms with Gasteiger partial charge in [-0.25, -0.2) is 0 Å². The molecule has 3 aromatic rings. The van der Waals surface area contributed by atoms with Crippen molar-refractivity contribution in [2.45, 2.75) is 45.1 Å². The molecule has 9 heteroatoms. The van der Waals surface area contributed by atoms with E-state index in [4.69, 9.17) is 15.9 Å². The van der Waals surface area contributed by atoms with Gasteiger partial charge in [0, 0.05) is 32.4 Å². The third kappa shape index (κ3) is 3.85. The van der Waals surface area contributed by atoms with Gasteiger partial charge in [-0.1, -0.05) is 13.3 Å². The van der Waals surface area contributed by atoms with Crippen molar-refractivity contribution in [2.75, 3.05) is 29.0 Å². The van der Waals surface area contributed by atoms with E-state index in [0.717, 1.165) is 56.6 Å². The number of amides is 1. The van der Waals surface area contributed by atoms with Gasteiger partial charge in [0.15, 0.2) is 11.4 Å². The summed E-state index contributed by atoms with van der Waals surface area (Å²) in [6.45, 7) is 3.79. The lowest BCUT2D eigenvalue weighted by molar-refractivity contribution is 0.102. The van der Waals surface area contributed by atoms with E-state index in [0.29, 0.717) is 16.8 Å². The topological polar surface area (TPSA) is 128 Å². The number of hydrogen-bond donors (Lipinski definition) is 3. The standard InChI is InChI=1S/C21H29N7O2/c1-3-5-13-10-16-18(24-11-13)17(19(23)30-16)20(29)26-15-12-25-27(2)21(15)28-8-4-6-14(22)7-9-28/h10-12,14H,3-9,22-23H2,1-2H3,(H,26,29)/t14-/m0/s1. The summed E-state index contributed by atoms with van der Waals surface area (Å²) in [6, 6.07) is 2.11. The van der Waals surface area contributed by atoms with Gasteiger partial charge in [-0.2, -0.15) is 5.10 Å². The molecule has 5 N–H and O–H groups in total. The van der Waals surface area contributed by atoms with Crippen molar-refractivity contribution in [3.63, 3.8) is 0 Å². The van der Waals surface area contributed by atoms with Gasteiger partial charge in [-0.15, -0.1) is 0 Å². The number of carbonyl (C=O) groups excluding carboxylic acids is 1. The van der Waals surface area contributed by atoms with Crippen molar-refractivity contribution >= 4 is 34.4 Å². The molecule has 1 fully saturated rings. The van der Waals surface area contributed by atoms with Crippen LogP contribution in [0, 0.1) is 0 Å². The molecule has 4 rings (SSSR count). The van der Waals surface area contributed by atoms with E-state index in [1.54, 1.807) is 17.1 Å². The molecule has 1 atom stereocenters. The Labute approximate surface area is 175 Å². The average molecular weight is 412 g/mol. The number of aryl methyl sites for hydroxylation is 2. The quantitative estimate of drug-likeness (QED) is 0.589. The fourth-order valence-corrected chi connectivity index (χ4v) is 4.09. The third-order valence-electron chi connectivity index (χ3n) is 5.61. The fourth-order valence-electron chi connectivity index (χ4n) is 4.09. The fraction of sp³-hybridized carbons (Fsp3) is 0.476. The van der Waals surface area contributed by atoms with Crippen LogP contribution in [0.4, 0.5) is 17.4 Å². The van der Waals surface area contributed by atoms with E-state index in [1.807, 2.05) is 13.1 Å². The van der Waals surface area contributed by atoms with Gasteiger partial charge in [0.25, 0.3) is 5.91 Å². The molecule has 1 amide bonds. The van der Waals surface area contributed by atoms with Gasteiger partial charge in [0.2, 0.25) is 5.88 Å². The highest BCUT2D eigenvalue weighted by Crippen LogP contribution is 2.31. The normalized spacial score (nSPS) is 17.3. The monoisotopic (exact) mass is 411 g/mol. The Morgan fingerprint density at radius 1 is 1.33 bits per heavy atom. The first-order chi connectivity index (χ1) is 14.5. The number of furan rings is 1. The highest BCUT2D eigenvalue weighted by atomic mass is 16.3. The number of carbonyl (C=O) groups is 1. The Hall–Kier alpha value is -3.07. The van der Waals surface area contributed by atoms with Crippen molar-refractivity contribution in [3.05, 3.63) is 29.6 Å². The van der Waals surface area contributed by atoms with E-state index < -0.39 is 0 Å². The molecule has 160 valence electrons. The Bertz CT molecular complexity index is 1060. The Morgan fingerprint density at radius 3 is 2.97 bits per heavy atom. The number of nitrogens with one attached hydrogen (secondary N) is 1. The van der Waals surface area contributed by atoms with Crippen LogP contribution in [0.2, 0.25) is 0 Å². The zero-order valence-corrected chi connectivity index (χ0v) is 17.5. The van der Waals surface area contributed by atoms with Crippen LogP contribution >= 0.6 is 0 Å². The number of rotatable bonds is 5. The van der Waals surface area contributed by atoms with Crippen molar-refractivity contribution in [1.29, 1.82) is 0 Å². The highest BCUT2D eigenvalue weighted by molar-refractivity contribution is 6.15. The Balaban J connectivity index is 1.61. The van der Waals surface area contributed by atoms with Crippen LogP contribution in [-0.4, -0.2) is 39.8 Å². The summed E-state index contributed by atoms with van der Waals surface area (Å²) >= 11 is 0. The molecule has 0 spiro atoms. The van der Waals surface area contributed by atoms with E-state index in [2.05, 4.69) is 27.2 Å². The number of hydrogen-bond acceptors (Lipinski definition) is 7. The Morgan fingerprint density at radius 2 is 2.17 bits per heavy atom. The van der Waals surface area contributed by atoms with E-state index >= 15 is 0 Å². The molecule has 0 unspecified atom stereocenters. The van der Waals surface area contributed by atoms with Crippen molar-refractivity contribution in [1.82, 2.24) is 14.8 Å². The van der Waals surface area contributed by atoms with E-state index in [1.165, 1.54) is 0 Å². The molecule has 4 heterocycles. The van der Waals surface area contributed by atoms with Crippen molar-refractivity contribution in [3.8, 4) is 0 Å². The second-order valence-electron chi connectivity index (χ2n) is 7.92. The van der Waals surface area contributed by atoms with Gasteiger partial charge in [-0.05, 0) is 37.3 Å². The lowest BCUT2D eigenvalue weighted by atomic mass is 10.1. The van der Waals surface area contributed by atoms with E-state index in [-0.39, 0.29) is 23.4 Å². The predicted molar refractivity (Wildman–Crippen MR) is 118 cm³/mol. The number of nitrogens with two attached hydrogens (primary N) is 2. The summed E-state index contributed by atoms with van der Waals surface area (Å²) in [5, 5.41) is 7.31. The number of pyridine rings is 1. The summed E-state index contributed by atoms with van der Waals surface area (Å²) in [5.41, 5.74) is 15.1.